The molecule has 0 amide bonds. The van der Waals surface area contributed by atoms with E-state index in [1.165, 1.54) is 5.56 Å². The van der Waals surface area contributed by atoms with Crippen LogP contribution in [0.5, 0.6) is 5.75 Å². The summed E-state index contributed by atoms with van der Waals surface area (Å²) in [5, 5.41) is 4.13. The maximum absolute atomic E-state index is 6.33. The van der Waals surface area contributed by atoms with E-state index in [0.29, 0.717) is 0 Å². The lowest BCUT2D eigenvalue weighted by molar-refractivity contribution is 0.401. The van der Waals surface area contributed by atoms with Crippen molar-refractivity contribution in [3.8, 4) is 5.75 Å². The SMILES string of the molecule is CNC(Cc1ccc(Br)cc1Cl)c1ccc(C)cc1OC. The number of aryl methyl sites for hydroxylation is 1. The minimum absolute atomic E-state index is 0.152. The second kappa shape index (κ2) is 7.30. The number of hydrogen-bond donors (Lipinski definition) is 1. The van der Waals surface area contributed by atoms with E-state index in [2.05, 4.69) is 52.4 Å². The highest BCUT2D eigenvalue weighted by Gasteiger charge is 2.16. The minimum Gasteiger partial charge on any atom is -0.496 e. The van der Waals surface area contributed by atoms with Crippen LogP contribution in [0.3, 0.4) is 0 Å². The van der Waals surface area contributed by atoms with Crippen LogP contribution in [0.15, 0.2) is 40.9 Å². The second-order valence-electron chi connectivity index (χ2n) is 5.03. The molecule has 0 aliphatic carbocycles. The van der Waals surface area contributed by atoms with Crippen molar-refractivity contribution in [2.24, 2.45) is 0 Å². The molecule has 112 valence electrons. The third-order valence-electron chi connectivity index (χ3n) is 3.55. The number of methoxy groups -OCH3 is 1. The van der Waals surface area contributed by atoms with Crippen LogP contribution < -0.4 is 10.1 Å². The van der Waals surface area contributed by atoms with Gasteiger partial charge in [0.05, 0.1) is 7.11 Å². The molecule has 0 heterocycles. The monoisotopic (exact) mass is 367 g/mol. The first kappa shape index (κ1) is 16.3. The zero-order chi connectivity index (χ0) is 15.4. The first-order chi connectivity index (χ1) is 10.0. The molecular formula is C17H19BrClNO. The second-order valence-corrected chi connectivity index (χ2v) is 6.35. The average molecular weight is 369 g/mol. The maximum atomic E-state index is 6.33. The van der Waals surface area contributed by atoms with E-state index in [9.17, 15) is 0 Å². The molecule has 21 heavy (non-hydrogen) atoms. The average Bonchev–Trinajstić information content (AvgIpc) is 2.47. The lowest BCUT2D eigenvalue weighted by Gasteiger charge is -2.20. The molecule has 2 aromatic rings. The Labute approximate surface area is 139 Å². The van der Waals surface area contributed by atoms with Gasteiger partial charge in [0.25, 0.3) is 0 Å². The van der Waals surface area contributed by atoms with Crippen molar-refractivity contribution in [3.63, 3.8) is 0 Å². The van der Waals surface area contributed by atoms with Gasteiger partial charge in [-0.1, -0.05) is 45.7 Å². The molecule has 0 saturated carbocycles. The van der Waals surface area contributed by atoms with Gasteiger partial charge in [-0.25, -0.2) is 0 Å². The van der Waals surface area contributed by atoms with Crippen LogP contribution in [0.2, 0.25) is 5.02 Å². The van der Waals surface area contributed by atoms with Crippen LogP contribution in [-0.4, -0.2) is 14.2 Å². The van der Waals surface area contributed by atoms with Crippen molar-refractivity contribution in [2.75, 3.05) is 14.2 Å². The van der Waals surface area contributed by atoms with E-state index in [0.717, 1.165) is 32.8 Å². The van der Waals surface area contributed by atoms with Crippen LogP contribution in [0.4, 0.5) is 0 Å². The van der Waals surface area contributed by atoms with Crippen LogP contribution in [0.25, 0.3) is 0 Å². The molecule has 0 aliphatic rings. The fraction of sp³-hybridized carbons (Fsp3) is 0.294. The summed E-state index contributed by atoms with van der Waals surface area (Å²) in [4.78, 5) is 0. The molecule has 0 bridgehead atoms. The summed E-state index contributed by atoms with van der Waals surface area (Å²) in [5.74, 6) is 0.905. The van der Waals surface area contributed by atoms with Crippen molar-refractivity contribution in [3.05, 3.63) is 62.6 Å². The smallest absolute Gasteiger partial charge is 0.123 e. The predicted molar refractivity (Wildman–Crippen MR) is 92.4 cm³/mol. The van der Waals surface area contributed by atoms with Gasteiger partial charge in [0.1, 0.15) is 5.75 Å². The molecule has 0 saturated heterocycles. The van der Waals surface area contributed by atoms with Crippen LogP contribution in [-0.2, 0) is 6.42 Å². The van der Waals surface area contributed by atoms with E-state index in [1.54, 1.807) is 7.11 Å². The van der Waals surface area contributed by atoms with Gasteiger partial charge in [-0.15, -0.1) is 0 Å². The number of nitrogens with one attached hydrogen (secondary N) is 1. The van der Waals surface area contributed by atoms with E-state index < -0.39 is 0 Å². The summed E-state index contributed by atoms with van der Waals surface area (Å²) in [6, 6.07) is 12.4. The van der Waals surface area contributed by atoms with Gasteiger partial charge >= 0.3 is 0 Å². The van der Waals surface area contributed by atoms with E-state index >= 15 is 0 Å². The largest absolute Gasteiger partial charge is 0.496 e. The topological polar surface area (TPSA) is 21.3 Å². The molecule has 0 aromatic heterocycles. The summed E-state index contributed by atoms with van der Waals surface area (Å²) in [6.45, 7) is 2.06. The molecule has 0 spiro atoms. The highest BCUT2D eigenvalue weighted by atomic mass is 79.9. The van der Waals surface area contributed by atoms with Crippen molar-refractivity contribution < 1.29 is 4.74 Å². The molecule has 4 heteroatoms. The fourth-order valence-electron chi connectivity index (χ4n) is 2.38. The van der Waals surface area contributed by atoms with Crippen LogP contribution in [0, 0.1) is 6.92 Å². The van der Waals surface area contributed by atoms with Gasteiger partial charge in [0.15, 0.2) is 0 Å². The molecule has 0 radical (unpaired) electrons. The molecule has 0 aliphatic heterocycles. The quantitative estimate of drug-likeness (QED) is 0.808. The normalized spacial score (nSPS) is 12.2. The van der Waals surface area contributed by atoms with Gasteiger partial charge in [-0.2, -0.15) is 0 Å². The number of ether oxygens (including phenoxy) is 1. The number of benzene rings is 2. The number of hydrogen-bond acceptors (Lipinski definition) is 2. The lowest BCUT2D eigenvalue weighted by atomic mass is 9.97. The zero-order valence-corrected chi connectivity index (χ0v) is 14.8. The molecule has 1 unspecified atom stereocenters. The maximum Gasteiger partial charge on any atom is 0.123 e. The van der Waals surface area contributed by atoms with Crippen molar-refractivity contribution in [1.29, 1.82) is 0 Å². The number of halogens is 2. The van der Waals surface area contributed by atoms with Crippen molar-refractivity contribution in [1.82, 2.24) is 5.32 Å². The Hall–Kier alpha value is -1.03. The Morgan fingerprint density at radius 3 is 2.62 bits per heavy atom. The van der Waals surface area contributed by atoms with Gasteiger partial charge < -0.3 is 10.1 Å². The Bertz CT molecular complexity index is 630. The Morgan fingerprint density at radius 1 is 1.24 bits per heavy atom. The van der Waals surface area contributed by atoms with Gasteiger partial charge in [-0.05, 0) is 49.7 Å². The van der Waals surface area contributed by atoms with E-state index in [1.807, 2.05) is 19.2 Å². The number of likely N-dealkylation sites (N-methyl/N-ethyl adjacent to an activating group) is 1. The van der Waals surface area contributed by atoms with Crippen LogP contribution in [0.1, 0.15) is 22.7 Å². The molecular weight excluding hydrogens is 350 g/mol. The first-order valence-corrected chi connectivity index (χ1v) is 7.98. The van der Waals surface area contributed by atoms with Gasteiger partial charge in [-0.3, -0.25) is 0 Å². The first-order valence-electron chi connectivity index (χ1n) is 6.81. The Balaban J connectivity index is 2.32. The third-order valence-corrected chi connectivity index (χ3v) is 4.40. The molecule has 2 nitrogen and oxygen atoms in total. The highest BCUT2D eigenvalue weighted by molar-refractivity contribution is 9.10. The summed E-state index contributed by atoms with van der Waals surface area (Å²) in [7, 11) is 3.66. The molecule has 1 N–H and O–H groups in total. The number of rotatable bonds is 5. The molecule has 2 aromatic carbocycles. The summed E-state index contributed by atoms with van der Waals surface area (Å²) < 4.78 is 6.51. The predicted octanol–water partition coefficient (Wildman–Crippen LogP) is 4.92. The Morgan fingerprint density at radius 2 is 2.00 bits per heavy atom. The lowest BCUT2D eigenvalue weighted by Crippen LogP contribution is -2.19. The minimum atomic E-state index is 0.152. The zero-order valence-electron chi connectivity index (χ0n) is 12.4. The summed E-state index contributed by atoms with van der Waals surface area (Å²) in [5.41, 5.74) is 3.44. The Kier molecular flexibility index (Phi) is 5.68. The summed E-state index contributed by atoms with van der Waals surface area (Å²) in [6.07, 6.45) is 0.808. The standard InChI is InChI=1S/C17H19BrClNO/c1-11-4-7-14(17(8-11)21-3)16(20-2)9-12-5-6-13(18)10-15(12)19/h4-8,10,16,20H,9H2,1-3H3. The summed E-state index contributed by atoms with van der Waals surface area (Å²) >= 11 is 9.76. The van der Waals surface area contributed by atoms with Crippen molar-refractivity contribution >= 4 is 27.5 Å². The molecule has 0 fully saturated rings. The molecule has 2 rings (SSSR count). The fourth-order valence-corrected chi connectivity index (χ4v) is 3.13. The van der Waals surface area contributed by atoms with Crippen molar-refractivity contribution in [2.45, 2.75) is 19.4 Å². The van der Waals surface area contributed by atoms with Gasteiger partial charge in [0.2, 0.25) is 0 Å². The van der Waals surface area contributed by atoms with Gasteiger partial charge in [0, 0.05) is 21.1 Å². The van der Waals surface area contributed by atoms with Crippen LogP contribution >= 0.6 is 27.5 Å². The highest BCUT2D eigenvalue weighted by Crippen LogP contribution is 2.31. The third kappa shape index (κ3) is 4.00. The molecule has 1 atom stereocenters. The van der Waals surface area contributed by atoms with E-state index in [4.69, 9.17) is 16.3 Å². The van der Waals surface area contributed by atoms with E-state index in [-0.39, 0.29) is 6.04 Å².